The first kappa shape index (κ1) is 21.5. The fraction of sp³-hybridized carbons (Fsp3) is 1.00. The monoisotopic (exact) mass is 378 g/mol. The molecule has 2 aliphatic heterocycles. The summed E-state index contributed by atoms with van der Waals surface area (Å²) >= 11 is 0. The van der Waals surface area contributed by atoms with E-state index in [9.17, 15) is 0 Å². The Bertz CT molecular complexity index is 456. The first-order valence-electron chi connectivity index (χ1n) is 9.60. The number of quaternary nitrogens is 1. The van der Waals surface area contributed by atoms with E-state index in [0.29, 0.717) is 18.4 Å². The molecule has 1 spiro atoms. The zero-order chi connectivity index (χ0) is 19.7. The Labute approximate surface area is 155 Å². The van der Waals surface area contributed by atoms with Gasteiger partial charge in [-0.25, -0.2) is 0 Å². The van der Waals surface area contributed by atoms with E-state index in [0.717, 1.165) is 0 Å². The molecule has 0 atom stereocenters. The van der Waals surface area contributed by atoms with Crippen molar-refractivity contribution in [1.82, 2.24) is 0 Å². The fourth-order valence-corrected chi connectivity index (χ4v) is 9.99. The molecule has 150 valence electrons. The van der Waals surface area contributed by atoms with Crippen LogP contribution >= 0.6 is 7.51 Å². The van der Waals surface area contributed by atoms with Crippen LogP contribution in [0.5, 0.6) is 0 Å². The first-order chi connectivity index (χ1) is 10.9. The third-order valence-corrected chi connectivity index (χ3v) is 10.6. The summed E-state index contributed by atoms with van der Waals surface area (Å²) < 4.78 is 27.0. The van der Waals surface area contributed by atoms with Crippen LogP contribution in [0.2, 0.25) is 0 Å². The van der Waals surface area contributed by atoms with Crippen LogP contribution in [0.4, 0.5) is 0 Å². The topological polar surface area (TPSA) is 41.4 Å². The van der Waals surface area contributed by atoms with Crippen molar-refractivity contribution in [2.75, 3.05) is 6.29 Å². The second kappa shape index (κ2) is 5.62. The molecule has 25 heavy (non-hydrogen) atoms. The number of hydrogen-bond acceptors (Lipinski definition) is 4. The van der Waals surface area contributed by atoms with Crippen molar-refractivity contribution in [2.24, 2.45) is 0 Å². The predicted molar refractivity (Wildman–Crippen MR) is 104 cm³/mol. The van der Waals surface area contributed by atoms with E-state index >= 15 is 0 Å². The molecule has 0 aromatic heterocycles. The van der Waals surface area contributed by atoms with Gasteiger partial charge in [-0.05, 0) is 0 Å². The van der Waals surface area contributed by atoms with E-state index in [1.165, 1.54) is 4.90 Å². The Morgan fingerprint density at radius 3 is 1.04 bits per heavy atom. The Morgan fingerprint density at radius 2 is 0.840 bits per heavy atom. The van der Waals surface area contributed by atoms with E-state index in [1.807, 2.05) is 0 Å². The van der Waals surface area contributed by atoms with E-state index in [2.05, 4.69) is 83.1 Å². The summed E-state index contributed by atoms with van der Waals surface area (Å²) in [4.78, 5) is 1.37. The van der Waals surface area contributed by atoms with Gasteiger partial charge in [-0.3, -0.25) is 0 Å². The van der Waals surface area contributed by atoms with E-state index in [4.69, 9.17) is 18.1 Å². The zero-order valence-electron chi connectivity index (χ0n) is 18.4. The van der Waals surface area contributed by atoms with Crippen molar-refractivity contribution in [3.63, 3.8) is 0 Å². The number of rotatable bonds is 4. The van der Waals surface area contributed by atoms with Crippen LogP contribution < -0.4 is 4.90 Å². The SMILES string of the molecule is CC(C)[NH+](CP12(OC(C)(C)C(C)(C)O1)OC(C)(C)C(C)(C)O2)C(C)C. The van der Waals surface area contributed by atoms with Crippen LogP contribution in [0, 0.1) is 0 Å². The van der Waals surface area contributed by atoms with Crippen LogP contribution in [-0.4, -0.2) is 40.8 Å². The van der Waals surface area contributed by atoms with Gasteiger partial charge >= 0.3 is 154 Å². The van der Waals surface area contributed by atoms with Crippen LogP contribution in [0.15, 0.2) is 0 Å². The van der Waals surface area contributed by atoms with Crippen molar-refractivity contribution in [3.05, 3.63) is 0 Å². The van der Waals surface area contributed by atoms with Gasteiger partial charge in [-0.1, -0.05) is 0 Å². The van der Waals surface area contributed by atoms with Gasteiger partial charge in [0.25, 0.3) is 0 Å². The minimum absolute atomic E-state index is 0.412. The quantitative estimate of drug-likeness (QED) is 0.749. The summed E-state index contributed by atoms with van der Waals surface area (Å²) in [6.07, 6.45) is 0.598. The van der Waals surface area contributed by atoms with Gasteiger partial charge in [0.15, 0.2) is 0 Å². The van der Waals surface area contributed by atoms with Crippen molar-refractivity contribution in [3.8, 4) is 0 Å². The van der Waals surface area contributed by atoms with Crippen LogP contribution in [0.25, 0.3) is 0 Å². The molecule has 2 aliphatic rings. The standard InChI is InChI=1S/C19H40NO4P/c1-14(2)20(15(3)4)13-25(21-16(5,6)17(7,8)22-25)23-18(9,10)19(11,12)24-25/h14-15H,13H2,1-12H3/p+1. The molecule has 0 aromatic rings. The first-order valence-corrected chi connectivity index (χ1v) is 11.7. The molecule has 2 heterocycles. The molecular formula is C19H41NO4P+. The van der Waals surface area contributed by atoms with Crippen molar-refractivity contribution in [2.45, 2.75) is 118 Å². The summed E-state index contributed by atoms with van der Waals surface area (Å²) in [6, 6.07) is 0.823. The van der Waals surface area contributed by atoms with Crippen molar-refractivity contribution >= 4 is 7.51 Å². The van der Waals surface area contributed by atoms with E-state index in [1.54, 1.807) is 0 Å². The van der Waals surface area contributed by atoms with Gasteiger partial charge < -0.3 is 0 Å². The Kier molecular flexibility index (Phi) is 4.84. The molecule has 0 aromatic carbocycles. The third kappa shape index (κ3) is 3.30. The molecule has 0 saturated carbocycles. The maximum absolute atomic E-state index is 6.75. The average molecular weight is 379 g/mol. The van der Waals surface area contributed by atoms with Gasteiger partial charge in [0.05, 0.1) is 0 Å². The summed E-state index contributed by atoms with van der Waals surface area (Å²) in [7, 11) is -3.79. The number of hydrogen-bond donors (Lipinski definition) is 1. The van der Waals surface area contributed by atoms with Crippen molar-refractivity contribution in [1.29, 1.82) is 0 Å². The average Bonchev–Trinajstić information content (AvgIpc) is 2.56. The molecule has 0 radical (unpaired) electrons. The predicted octanol–water partition coefficient (Wildman–Crippen LogP) is 4.07. The Balaban J connectivity index is 2.60. The molecule has 2 fully saturated rings. The summed E-state index contributed by atoms with van der Waals surface area (Å²) in [5, 5.41) is 0. The Morgan fingerprint density at radius 1 is 0.600 bits per heavy atom. The molecule has 2 saturated heterocycles. The number of nitrogens with one attached hydrogen (secondary N) is 1. The minimum atomic E-state index is -3.79. The van der Waals surface area contributed by atoms with Gasteiger partial charge in [0, 0.05) is 0 Å². The molecule has 2 rings (SSSR count). The summed E-state index contributed by atoms with van der Waals surface area (Å²) in [5.74, 6) is 0. The Hall–Kier alpha value is 0.230. The van der Waals surface area contributed by atoms with Crippen LogP contribution in [-0.2, 0) is 18.1 Å². The maximum atomic E-state index is 6.75. The molecular weight excluding hydrogens is 337 g/mol. The second-order valence-corrected chi connectivity index (χ2v) is 13.4. The third-order valence-electron chi connectivity index (χ3n) is 6.44. The fourth-order valence-electron chi connectivity index (χ4n) is 3.77. The molecule has 0 unspecified atom stereocenters. The normalized spacial score (nSPS) is 32.4. The zero-order valence-corrected chi connectivity index (χ0v) is 19.3. The van der Waals surface area contributed by atoms with Crippen LogP contribution in [0.1, 0.15) is 83.1 Å². The molecule has 5 nitrogen and oxygen atoms in total. The van der Waals surface area contributed by atoms with E-state index in [-0.39, 0.29) is 0 Å². The second-order valence-electron chi connectivity index (χ2n) is 10.4. The molecule has 0 bridgehead atoms. The van der Waals surface area contributed by atoms with Gasteiger partial charge in [0.1, 0.15) is 0 Å². The van der Waals surface area contributed by atoms with Gasteiger partial charge in [0.2, 0.25) is 0 Å². The molecule has 1 N–H and O–H groups in total. The van der Waals surface area contributed by atoms with E-state index < -0.39 is 29.9 Å². The molecule has 0 aliphatic carbocycles. The molecule has 6 heteroatoms. The molecule has 0 amide bonds. The van der Waals surface area contributed by atoms with Gasteiger partial charge in [-0.15, -0.1) is 0 Å². The van der Waals surface area contributed by atoms with Crippen molar-refractivity contribution < 1.29 is 23.0 Å². The van der Waals surface area contributed by atoms with Crippen LogP contribution in [0.3, 0.4) is 0 Å². The van der Waals surface area contributed by atoms with Gasteiger partial charge in [-0.2, -0.15) is 0 Å². The summed E-state index contributed by atoms with van der Waals surface area (Å²) in [6.45, 7) is 25.5. The summed E-state index contributed by atoms with van der Waals surface area (Å²) in [5.41, 5.74) is -2.00.